The Morgan fingerprint density at radius 2 is 1.88 bits per heavy atom. The van der Waals surface area contributed by atoms with E-state index in [1.807, 2.05) is 11.3 Å². The van der Waals surface area contributed by atoms with E-state index in [2.05, 4.69) is 64.2 Å². The van der Waals surface area contributed by atoms with E-state index in [0.717, 1.165) is 31.6 Å². The molecule has 0 atom stereocenters. The summed E-state index contributed by atoms with van der Waals surface area (Å²) < 4.78 is 7.35. The second-order valence-electron chi connectivity index (χ2n) is 6.37. The maximum Gasteiger partial charge on any atom is 0.144 e. The van der Waals surface area contributed by atoms with Crippen LogP contribution in [0.4, 0.5) is 0 Å². The van der Waals surface area contributed by atoms with Gasteiger partial charge in [-0.2, -0.15) is 0 Å². The lowest BCUT2D eigenvalue weighted by Gasteiger charge is -2.14. The van der Waals surface area contributed by atoms with E-state index in [0.29, 0.717) is 0 Å². The molecule has 0 spiro atoms. The molecule has 124 valence electrons. The fraction of sp³-hybridized carbons (Fsp3) is 0.333. The maximum absolute atomic E-state index is 5.98. The molecule has 0 unspecified atom stereocenters. The van der Waals surface area contributed by atoms with E-state index >= 15 is 0 Å². The topological polar surface area (TPSA) is 9.23 Å². The van der Waals surface area contributed by atoms with Gasteiger partial charge < -0.3 is 4.74 Å². The molecule has 0 aliphatic rings. The lowest BCUT2D eigenvalue weighted by Crippen LogP contribution is -2.13. The van der Waals surface area contributed by atoms with Crippen LogP contribution in [-0.2, 0) is 12.8 Å². The monoisotopic (exact) mass is 336 g/mol. The number of rotatable bonds is 7. The van der Waals surface area contributed by atoms with Gasteiger partial charge in [0, 0.05) is 16.0 Å². The van der Waals surface area contributed by atoms with Crippen LogP contribution in [0.25, 0.3) is 10.1 Å². The van der Waals surface area contributed by atoms with Gasteiger partial charge >= 0.3 is 0 Å². The highest BCUT2D eigenvalue weighted by Crippen LogP contribution is 2.28. The zero-order valence-electron chi connectivity index (χ0n) is 14.9. The molecule has 0 aliphatic carbocycles. The minimum absolute atomic E-state index is 0.816. The second-order valence-corrected chi connectivity index (χ2v) is 7.54. The van der Waals surface area contributed by atoms with Gasteiger partial charge in [-0.15, -0.1) is 11.3 Å². The molecule has 1 nitrogen and oxygen atoms in total. The van der Waals surface area contributed by atoms with Gasteiger partial charge in [0.15, 0.2) is 0 Å². The van der Waals surface area contributed by atoms with E-state index in [4.69, 9.17) is 4.74 Å². The van der Waals surface area contributed by atoms with Gasteiger partial charge in [0.2, 0.25) is 0 Å². The Morgan fingerprint density at radius 1 is 1.04 bits per heavy atom. The first-order valence-electron chi connectivity index (χ1n) is 8.94. The lowest BCUT2D eigenvalue weighted by molar-refractivity contribution is 0.311. The number of ether oxygens (including phenoxy) is 1. The Labute approximate surface area is 150 Å². The summed E-state index contributed by atoms with van der Waals surface area (Å²) in [5, 5.41) is 1.35. The summed E-state index contributed by atoms with van der Waals surface area (Å²) in [6.07, 6.45) is 4.34. The summed E-state index contributed by atoms with van der Waals surface area (Å²) in [5.41, 5.74) is 4.09. The van der Waals surface area contributed by atoms with Crippen LogP contribution in [0.15, 0.2) is 42.5 Å². The second kappa shape index (κ2) is 7.89. The summed E-state index contributed by atoms with van der Waals surface area (Å²) >= 11 is 1.91. The number of aryl methyl sites for hydroxylation is 1. The number of fused-ring (bicyclic) bond motifs is 1. The van der Waals surface area contributed by atoms with Crippen LogP contribution < -0.4 is 10.2 Å². The summed E-state index contributed by atoms with van der Waals surface area (Å²) in [5.74, 6) is 1.06. The SMILES string of the molecule is Bc1cc(Cc2cc3ccccc3s2)c(CC)cc1OCCCC. The van der Waals surface area contributed by atoms with Crippen LogP contribution in [-0.4, -0.2) is 14.5 Å². The van der Waals surface area contributed by atoms with Crippen molar-refractivity contribution >= 4 is 34.7 Å². The molecule has 3 heteroatoms. The molecule has 0 radical (unpaired) electrons. The number of hydrogen-bond donors (Lipinski definition) is 0. The lowest BCUT2D eigenvalue weighted by atomic mass is 9.88. The molecule has 0 bridgehead atoms. The van der Waals surface area contributed by atoms with E-state index in [-0.39, 0.29) is 0 Å². The highest BCUT2D eigenvalue weighted by Gasteiger charge is 2.10. The third-order valence-electron chi connectivity index (χ3n) is 4.47. The predicted octanol–water partition coefficient (Wildman–Crippen LogP) is 4.49. The van der Waals surface area contributed by atoms with E-state index in [1.54, 1.807) is 0 Å². The third-order valence-corrected chi connectivity index (χ3v) is 5.59. The first kappa shape index (κ1) is 17.1. The molecule has 24 heavy (non-hydrogen) atoms. The number of unbranched alkanes of at least 4 members (excludes halogenated alkanes) is 1. The van der Waals surface area contributed by atoms with Crippen LogP contribution in [0, 0.1) is 0 Å². The van der Waals surface area contributed by atoms with Gasteiger partial charge in [0.1, 0.15) is 13.6 Å². The standard InChI is InChI=1S/C21H25BOS/c1-3-5-10-23-20-14-15(4-2)17(13-19(20)22)12-18-11-16-8-6-7-9-21(16)24-18/h6-9,11,13-14H,3-5,10,12,22H2,1-2H3. The van der Waals surface area contributed by atoms with Crippen LogP contribution >= 0.6 is 11.3 Å². The fourth-order valence-corrected chi connectivity index (χ4v) is 4.16. The average Bonchev–Trinajstić information content (AvgIpc) is 2.99. The number of thiophene rings is 1. The van der Waals surface area contributed by atoms with Gasteiger partial charge in [-0.3, -0.25) is 0 Å². The predicted molar refractivity (Wildman–Crippen MR) is 109 cm³/mol. The molecule has 2 aromatic carbocycles. The van der Waals surface area contributed by atoms with Gasteiger partial charge in [-0.05, 0) is 53.0 Å². The zero-order chi connectivity index (χ0) is 16.9. The highest BCUT2D eigenvalue weighted by atomic mass is 32.1. The molecular weight excluding hydrogens is 311 g/mol. The maximum atomic E-state index is 5.98. The van der Waals surface area contributed by atoms with Crippen LogP contribution in [0.2, 0.25) is 0 Å². The summed E-state index contributed by atoms with van der Waals surface area (Å²) in [7, 11) is 2.16. The molecule has 1 aromatic heterocycles. The van der Waals surface area contributed by atoms with Crippen molar-refractivity contribution in [2.24, 2.45) is 0 Å². The molecule has 0 aliphatic heterocycles. The minimum atomic E-state index is 0.816. The van der Waals surface area contributed by atoms with Crippen LogP contribution in [0.1, 0.15) is 42.7 Å². The largest absolute Gasteiger partial charge is 0.494 e. The Balaban J connectivity index is 1.85. The molecule has 3 aromatic rings. The molecule has 0 saturated heterocycles. The summed E-state index contributed by atoms with van der Waals surface area (Å²) in [4.78, 5) is 1.44. The smallest absolute Gasteiger partial charge is 0.144 e. The van der Waals surface area contributed by atoms with Crippen molar-refractivity contribution in [3.8, 4) is 5.75 Å². The molecular formula is C21H25BOS. The van der Waals surface area contributed by atoms with Crippen molar-refractivity contribution in [1.29, 1.82) is 0 Å². The molecule has 0 N–H and O–H groups in total. The summed E-state index contributed by atoms with van der Waals surface area (Å²) in [6.45, 7) is 5.24. The molecule has 0 amide bonds. The third kappa shape index (κ3) is 3.84. The Kier molecular flexibility index (Phi) is 5.62. The van der Waals surface area contributed by atoms with Crippen LogP contribution in [0.3, 0.4) is 0 Å². The Morgan fingerprint density at radius 3 is 2.62 bits per heavy atom. The molecule has 3 rings (SSSR count). The minimum Gasteiger partial charge on any atom is -0.494 e. The van der Waals surface area contributed by atoms with Gasteiger partial charge in [-0.25, -0.2) is 0 Å². The van der Waals surface area contributed by atoms with Crippen molar-refractivity contribution in [3.05, 3.63) is 58.5 Å². The van der Waals surface area contributed by atoms with Crippen molar-refractivity contribution in [2.45, 2.75) is 39.5 Å². The molecule has 0 fully saturated rings. The van der Waals surface area contributed by atoms with Crippen molar-refractivity contribution in [2.75, 3.05) is 6.61 Å². The van der Waals surface area contributed by atoms with Gasteiger partial charge in [0.05, 0.1) is 6.61 Å². The first-order chi connectivity index (χ1) is 11.7. The Hall–Kier alpha value is -1.74. The Bertz CT molecular complexity index is 789. The highest BCUT2D eigenvalue weighted by molar-refractivity contribution is 7.19. The van der Waals surface area contributed by atoms with Gasteiger partial charge in [0.25, 0.3) is 0 Å². The van der Waals surface area contributed by atoms with Crippen molar-refractivity contribution < 1.29 is 4.74 Å². The van der Waals surface area contributed by atoms with Crippen molar-refractivity contribution in [1.82, 2.24) is 0 Å². The van der Waals surface area contributed by atoms with E-state index < -0.39 is 0 Å². The van der Waals surface area contributed by atoms with E-state index in [9.17, 15) is 0 Å². The van der Waals surface area contributed by atoms with Gasteiger partial charge in [-0.1, -0.05) is 44.5 Å². The molecule has 0 saturated carbocycles. The fourth-order valence-electron chi connectivity index (χ4n) is 3.08. The first-order valence-corrected chi connectivity index (χ1v) is 9.75. The van der Waals surface area contributed by atoms with E-state index in [1.165, 1.54) is 38.0 Å². The molecule has 1 heterocycles. The number of benzene rings is 2. The summed E-state index contributed by atoms with van der Waals surface area (Å²) in [6, 6.07) is 15.6. The number of hydrogen-bond acceptors (Lipinski definition) is 2. The average molecular weight is 336 g/mol. The van der Waals surface area contributed by atoms with Crippen LogP contribution in [0.5, 0.6) is 5.75 Å². The zero-order valence-corrected chi connectivity index (χ0v) is 15.7. The van der Waals surface area contributed by atoms with Crippen molar-refractivity contribution in [3.63, 3.8) is 0 Å². The normalized spacial score (nSPS) is 11.1. The quantitative estimate of drug-likeness (QED) is 0.456.